The number of hydrogen-bond donors (Lipinski definition) is 0. The van der Waals surface area contributed by atoms with Crippen LogP contribution in [0.15, 0.2) is 31.0 Å². The molecule has 0 unspecified atom stereocenters. The fourth-order valence-corrected chi connectivity index (χ4v) is 1.000. The summed E-state index contributed by atoms with van der Waals surface area (Å²) in [5.41, 5.74) is 1.43. The smallest absolute Gasteiger partial charge is 0.164 e. The summed E-state index contributed by atoms with van der Waals surface area (Å²) >= 11 is 0. The van der Waals surface area contributed by atoms with E-state index in [4.69, 9.17) is 6.42 Å². The number of nitrogens with zero attached hydrogens (tertiary/aromatic N) is 4. The van der Waals surface area contributed by atoms with Crippen LogP contribution in [-0.2, 0) is 0 Å². The highest BCUT2D eigenvalue weighted by atomic mass is 15.0. The highest BCUT2D eigenvalue weighted by Gasteiger charge is 1.99. The average Bonchev–Trinajstić information content (AvgIpc) is 2.30. The van der Waals surface area contributed by atoms with E-state index in [1.165, 1.54) is 12.7 Å². The summed E-state index contributed by atoms with van der Waals surface area (Å²) in [5.74, 6) is 3.03. The normalized spacial score (nSPS) is 9.36. The molecule has 4 nitrogen and oxygen atoms in total. The third-order valence-electron chi connectivity index (χ3n) is 1.66. The third kappa shape index (κ3) is 1.57. The highest BCUT2D eigenvalue weighted by Crippen LogP contribution is 2.11. The molecule has 0 saturated carbocycles. The van der Waals surface area contributed by atoms with Crippen LogP contribution in [0.3, 0.4) is 0 Å². The first-order chi connectivity index (χ1) is 6.90. The summed E-state index contributed by atoms with van der Waals surface area (Å²) in [7, 11) is 0. The van der Waals surface area contributed by atoms with Crippen molar-refractivity contribution in [2.24, 2.45) is 0 Å². The third-order valence-corrected chi connectivity index (χ3v) is 1.66. The van der Waals surface area contributed by atoms with Crippen LogP contribution in [0.1, 0.15) is 5.69 Å². The van der Waals surface area contributed by atoms with Gasteiger partial charge in [-0.25, -0.2) is 19.9 Å². The summed E-state index contributed by atoms with van der Waals surface area (Å²) < 4.78 is 0. The van der Waals surface area contributed by atoms with Crippen molar-refractivity contribution >= 4 is 0 Å². The second kappa shape index (κ2) is 3.62. The van der Waals surface area contributed by atoms with E-state index in [-0.39, 0.29) is 0 Å². The van der Waals surface area contributed by atoms with Crippen LogP contribution in [0.4, 0.5) is 0 Å². The van der Waals surface area contributed by atoms with Gasteiger partial charge < -0.3 is 0 Å². The molecular formula is C10H6N4. The zero-order valence-corrected chi connectivity index (χ0v) is 7.25. The molecule has 4 heteroatoms. The van der Waals surface area contributed by atoms with Gasteiger partial charge in [0.15, 0.2) is 5.82 Å². The number of aromatic nitrogens is 4. The van der Waals surface area contributed by atoms with Crippen LogP contribution >= 0.6 is 0 Å². The Hall–Kier alpha value is -2.28. The largest absolute Gasteiger partial charge is 0.247 e. The monoisotopic (exact) mass is 182 g/mol. The molecule has 2 heterocycles. The second-order valence-corrected chi connectivity index (χ2v) is 2.54. The molecule has 0 bridgehead atoms. The fourth-order valence-electron chi connectivity index (χ4n) is 1.000. The lowest BCUT2D eigenvalue weighted by atomic mass is 10.2. The number of pyridine rings is 1. The maximum absolute atomic E-state index is 5.18. The van der Waals surface area contributed by atoms with Crippen LogP contribution in [0.2, 0.25) is 0 Å². The van der Waals surface area contributed by atoms with Crippen LogP contribution in [-0.4, -0.2) is 19.9 Å². The van der Waals surface area contributed by atoms with E-state index < -0.39 is 0 Å². The number of terminal acetylenes is 1. The minimum atomic E-state index is 0.594. The van der Waals surface area contributed by atoms with Crippen LogP contribution in [0, 0.1) is 12.3 Å². The first-order valence-electron chi connectivity index (χ1n) is 3.95. The summed E-state index contributed by atoms with van der Waals surface area (Å²) in [6, 6.07) is 3.58. The van der Waals surface area contributed by atoms with Crippen molar-refractivity contribution in [2.75, 3.05) is 0 Å². The molecule has 0 amide bonds. The zero-order chi connectivity index (χ0) is 9.80. The molecular weight excluding hydrogens is 176 g/mol. The fraction of sp³-hybridized carbons (Fsp3) is 0. The van der Waals surface area contributed by atoms with Crippen molar-refractivity contribution in [3.63, 3.8) is 0 Å². The summed E-state index contributed by atoms with van der Waals surface area (Å²) in [6.45, 7) is 0. The van der Waals surface area contributed by atoms with E-state index in [2.05, 4.69) is 25.9 Å². The van der Waals surface area contributed by atoms with Gasteiger partial charge in [-0.15, -0.1) is 6.42 Å². The molecule has 0 aliphatic heterocycles. The molecule has 0 fully saturated rings. The van der Waals surface area contributed by atoms with E-state index in [1.807, 2.05) is 6.07 Å². The highest BCUT2D eigenvalue weighted by molar-refractivity contribution is 5.53. The van der Waals surface area contributed by atoms with Crippen molar-refractivity contribution in [1.82, 2.24) is 19.9 Å². The van der Waals surface area contributed by atoms with Crippen molar-refractivity contribution in [3.05, 3.63) is 36.7 Å². The Morgan fingerprint density at radius 3 is 2.43 bits per heavy atom. The van der Waals surface area contributed by atoms with Crippen LogP contribution in [0.5, 0.6) is 0 Å². The summed E-state index contributed by atoms with van der Waals surface area (Å²) in [4.78, 5) is 15.7. The Morgan fingerprint density at radius 1 is 1.07 bits per heavy atom. The maximum Gasteiger partial charge on any atom is 0.164 e. The lowest BCUT2D eigenvalue weighted by Crippen LogP contribution is -1.90. The van der Waals surface area contributed by atoms with Crippen molar-refractivity contribution < 1.29 is 0 Å². The quantitative estimate of drug-likeness (QED) is 0.615. The topological polar surface area (TPSA) is 51.6 Å². The van der Waals surface area contributed by atoms with Gasteiger partial charge in [-0.2, -0.15) is 0 Å². The minimum absolute atomic E-state index is 0.594. The van der Waals surface area contributed by atoms with Crippen LogP contribution in [0.25, 0.3) is 11.4 Å². The zero-order valence-electron chi connectivity index (χ0n) is 7.25. The predicted octanol–water partition coefficient (Wildman–Crippen LogP) is 0.915. The second-order valence-electron chi connectivity index (χ2n) is 2.54. The minimum Gasteiger partial charge on any atom is -0.247 e. The number of rotatable bonds is 1. The summed E-state index contributed by atoms with van der Waals surface area (Å²) in [6.07, 6.45) is 9.71. The molecule has 0 N–H and O–H groups in total. The van der Waals surface area contributed by atoms with Gasteiger partial charge in [0.2, 0.25) is 0 Å². The van der Waals surface area contributed by atoms with Crippen LogP contribution < -0.4 is 0 Å². The average molecular weight is 182 g/mol. The van der Waals surface area contributed by atoms with Crippen molar-refractivity contribution in [2.45, 2.75) is 0 Å². The van der Waals surface area contributed by atoms with E-state index in [9.17, 15) is 0 Å². The lowest BCUT2D eigenvalue weighted by Gasteiger charge is -1.97. The van der Waals surface area contributed by atoms with Gasteiger partial charge in [-0.1, -0.05) is 5.92 Å². The molecule has 66 valence electrons. The molecule has 0 radical (unpaired) electrons. The van der Waals surface area contributed by atoms with Gasteiger partial charge in [0, 0.05) is 11.8 Å². The van der Waals surface area contributed by atoms with E-state index in [0.29, 0.717) is 11.5 Å². The molecule has 0 spiro atoms. The molecule has 14 heavy (non-hydrogen) atoms. The first kappa shape index (κ1) is 8.32. The Balaban J connectivity index is 2.40. The molecule has 2 rings (SSSR count). The van der Waals surface area contributed by atoms with Gasteiger partial charge in [0.25, 0.3) is 0 Å². The van der Waals surface area contributed by atoms with Gasteiger partial charge in [0.05, 0.1) is 0 Å². The van der Waals surface area contributed by atoms with Gasteiger partial charge in [-0.05, 0) is 12.1 Å². The molecule has 2 aromatic heterocycles. The van der Waals surface area contributed by atoms with Gasteiger partial charge in [-0.3, -0.25) is 0 Å². The Kier molecular flexibility index (Phi) is 2.15. The predicted molar refractivity (Wildman–Crippen MR) is 51.0 cm³/mol. The van der Waals surface area contributed by atoms with Gasteiger partial charge >= 0.3 is 0 Å². The summed E-state index contributed by atoms with van der Waals surface area (Å²) in [5, 5.41) is 0. The lowest BCUT2D eigenvalue weighted by molar-refractivity contribution is 1.05. The maximum atomic E-state index is 5.18. The SMILES string of the molecule is C#Cc1ccc(-c2ncncn2)cn1. The Labute approximate surface area is 81.1 Å². The molecule has 2 aromatic rings. The Bertz CT molecular complexity index is 456. The molecule has 0 aliphatic carbocycles. The van der Waals surface area contributed by atoms with E-state index in [0.717, 1.165) is 5.56 Å². The van der Waals surface area contributed by atoms with Gasteiger partial charge in [0.1, 0.15) is 18.3 Å². The first-order valence-corrected chi connectivity index (χ1v) is 3.95. The Morgan fingerprint density at radius 2 is 1.86 bits per heavy atom. The molecule has 0 saturated heterocycles. The van der Waals surface area contributed by atoms with Crippen molar-refractivity contribution in [1.29, 1.82) is 0 Å². The number of hydrogen-bond acceptors (Lipinski definition) is 4. The van der Waals surface area contributed by atoms with E-state index in [1.54, 1.807) is 12.3 Å². The van der Waals surface area contributed by atoms with E-state index >= 15 is 0 Å². The van der Waals surface area contributed by atoms with Crippen molar-refractivity contribution in [3.8, 4) is 23.7 Å². The molecule has 0 aliphatic rings. The molecule has 0 aromatic carbocycles. The standard InChI is InChI=1S/C10H6N4/c1-2-9-4-3-8(5-12-9)10-13-6-11-7-14-10/h1,3-7H. The molecule has 0 atom stereocenters.